The fraction of sp³-hybridized carbons (Fsp3) is 0.843. The number of benzene rings is 1. The minimum atomic E-state index is -3.49. The van der Waals surface area contributed by atoms with Gasteiger partial charge >= 0.3 is 5.97 Å². The molecule has 7 N–H and O–H groups in total. The lowest BCUT2D eigenvalue weighted by Gasteiger charge is -2.47. The van der Waals surface area contributed by atoms with Crippen LogP contribution in [0, 0.1) is 23.7 Å². The van der Waals surface area contributed by atoms with Crippen LogP contribution in [-0.4, -0.2) is 204 Å². The van der Waals surface area contributed by atoms with E-state index in [1.807, 2.05) is 30.7 Å². The van der Waals surface area contributed by atoms with Crippen molar-refractivity contribution in [1.29, 1.82) is 0 Å². The monoisotopic (exact) mass is 1050 g/mol. The largest absolute Gasteiger partial charge is 0.459 e. The van der Waals surface area contributed by atoms with Gasteiger partial charge < -0.3 is 74.2 Å². The number of aliphatic hydroxyl groups is 6. The van der Waals surface area contributed by atoms with E-state index < -0.39 is 143 Å². The lowest BCUT2D eigenvalue weighted by molar-refractivity contribution is -0.308. The van der Waals surface area contributed by atoms with Crippen molar-refractivity contribution in [1.82, 2.24) is 15.1 Å². The van der Waals surface area contributed by atoms with Crippen molar-refractivity contribution in [2.24, 2.45) is 23.7 Å². The van der Waals surface area contributed by atoms with Gasteiger partial charge in [0, 0.05) is 57.3 Å². The molecule has 0 aromatic heterocycles. The van der Waals surface area contributed by atoms with Crippen LogP contribution in [0.5, 0.6) is 0 Å². The molecule has 1 amide bonds. The molecule has 1 saturated carbocycles. The molecule has 3 saturated heterocycles. The van der Waals surface area contributed by atoms with Crippen LogP contribution in [0.2, 0.25) is 0 Å². The molecule has 1 aliphatic carbocycles. The molecular formula is C51H86FN3O16S. The first-order valence-corrected chi connectivity index (χ1v) is 27.4. The third-order valence-electron chi connectivity index (χ3n) is 16.0. The number of cyclic esters (lactones) is 1. The van der Waals surface area contributed by atoms with Gasteiger partial charge in [0.05, 0.1) is 52.5 Å². The summed E-state index contributed by atoms with van der Waals surface area (Å²) in [6.45, 7) is 15.0. The normalized spacial score (nSPS) is 41.9. The second-order valence-electron chi connectivity index (χ2n) is 22.3. The maximum atomic E-state index is 14.3. The third-order valence-corrected chi connectivity index (χ3v) is 17.2. The van der Waals surface area contributed by atoms with Gasteiger partial charge in [0.25, 0.3) is 0 Å². The molecule has 1 aromatic rings. The van der Waals surface area contributed by atoms with E-state index in [-0.39, 0.29) is 48.0 Å². The number of aliphatic hydroxyl groups excluding tert-OH is 4. The summed E-state index contributed by atoms with van der Waals surface area (Å²) >= 11 is 0. The highest BCUT2D eigenvalue weighted by atomic mass is 32.2. The summed E-state index contributed by atoms with van der Waals surface area (Å²) in [6, 6.07) is 2.96. The number of nitrogens with zero attached hydrogens (tertiary/aromatic N) is 2. The first-order chi connectivity index (χ1) is 33.4. The van der Waals surface area contributed by atoms with Gasteiger partial charge in [-0.15, -0.1) is 0 Å². The predicted molar refractivity (Wildman–Crippen MR) is 263 cm³/mol. The minimum absolute atomic E-state index is 0.0399. The van der Waals surface area contributed by atoms with Gasteiger partial charge in [0.2, 0.25) is 5.91 Å². The number of methoxy groups -OCH3 is 1. The van der Waals surface area contributed by atoms with Gasteiger partial charge in [0.1, 0.15) is 42.8 Å². The smallest absolute Gasteiger partial charge is 0.311 e. The molecule has 3 heterocycles. The first-order valence-electron chi connectivity index (χ1n) is 25.5. The van der Waals surface area contributed by atoms with Crippen LogP contribution in [0.25, 0.3) is 0 Å². The average molecular weight is 1050 g/mol. The van der Waals surface area contributed by atoms with Crippen molar-refractivity contribution in [3.8, 4) is 0 Å². The molecule has 21 heteroatoms. The molecule has 1 aromatic carbocycles. The number of rotatable bonds is 15. The molecule has 4 aliphatic rings. The van der Waals surface area contributed by atoms with Crippen molar-refractivity contribution < 1.29 is 81.5 Å². The molecular weight excluding hydrogens is 962 g/mol. The number of hydrogen-bond acceptors (Lipinski definition) is 18. The topological polar surface area (TPSA) is 264 Å². The van der Waals surface area contributed by atoms with E-state index in [0.717, 1.165) is 6.26 Å². The maximum absolute atomic E-state index is 14.3. The molecule has 72 heavy (non-hydrogen) atoms. The summed E-state index contributed by atoms with van der Waals surface area (Å²) in [5.74, 6) is -3.19. The van der Waals surface area contributed by atoms with Crippen LogP contribution >= 0.6 is 0 Å². The zero-order valence-electron chi connectivity index (χ0n) is 44.5. The second-order valence-corrected chi connectivity index (χ2v) is 24.3. The molecule has 19 nitrogen and oxygen atoms in total. The van der Waals surface area contributed by atoms with E-state index in [2.05, 4.69) is 5.32 Å². The van der Waals surface area contributed by atoms with Gasteiger partial charge in [-0.05, 0) is 118 Å². The lowest BCUT2D eigenvalue weighted by atomic mass is 9.83. The molecule has 5 rings (SSSR count). The van der Waals surface area contributed by atoms with Crippen LogP contribution in [0.4, 0.5) is 4.39 Å². The Bertz CT molecular complexity index is 2050. The van der Waals surface area contributed by atoms with Crippen LogP contribution < -0.4 is 5.32 Å². The standard InChI is InChI=1S/C51H86FN3O16S/c1-14-39-51(9,63)44(58)30(5)54(10)25-27(2)22-49(7,62)40(21-38(29(4)47(61)70-39)69-41-23-50(8,66-12)45(59)31(6)68-41)71-48-43(57)37(19-28(3)67-48)55(11)26-33-20-35(33)46(60)53-36(24-52)42(56)32-15-17-34(18-16-32)72(13,64)65/h15-18,27-31,33,35-45,48,56-59,62-63H,14,19-26H2,1-13H3,(H,53,60)/t27-,28-,29-,30-,31+,33+,35-,36-,37?,38+,39-,40-,41+,42-,43-,44-,45+,48-,49-,50-,51-/m1/s1. The highest BCUT2D eigenvalue weighted by Crippen LogP contribution is 2.42. The van der Waals surface area contributed by atoms with Gasteiger partial charge in [-0.1, -0.05) is 26.0 Å². The van der Waals surface area contributed by atoms with Crippen molar-refractivity contribution >= 4 is 21.7 Å². The number of alkyl halides is 1. The van der Waals surface area contributed by atoms with Crippen LogP contribution in [0.3, 0.4) is 0 Å². The van der Waals surface area contributed by atoms with Crippen LogP contribution in [0.15, 0.2) is 29.2 Å². The number of esters is 1. The van der Waals surface area contributed by atoms with Crippen molar-refractivity contribution in [2.45, 2.75) is 208 Å². The number of halogens is 1. The number of likely N-dealkylation sites (N-methyl/N-ethyl adjacent to an activating group) is 2. The second kappa shape index (κ2) is 24.2. The highest BCUT2D eigenvalue weighted by molar-refractivity contribution is 7.90. The number of nitrogens with one attached hydrogen (secondary N) is 1. The highest BCUT2D eigenvalue weighted by Gasteiger charge is 2.52. The van der Waals surface area contributed by atoms with E-state index in [1.54, 1.807) is 48.6 Å². The summed E-state index contributed by atoms with van der Waals surface area (Å²) in [5, 5.41) is 72.8. The Hall–Kier alpha value is -2.48. The number of amides is 1. The van der Waals surface area contributed by atoms with Gasteiger partial charge in [-0.2, -0.15) is 0 Å². The minimum Gasteiger partial charge on any atom is -0.459 e. The number of ether oxygens (including phenoxy) is 6. The summed E-state index contributed by atoms with van der Waals surface area (Å²) in [7, 11) is 1.60. The van der Waals surface area contributed by atoms with E-state index in [9.17, 15) is 53.0 Å². The molecule has 3 aliphatic heterocycles. The number of carbonyl (C=O) groups excluding carboxylic acids is 2. The molecule has 21 atom stereocenters. The third kappa shape index (κ3) is 14.3. The van der Waals surface area contributed by atoms with E-state index >= 15 is 0 Å². The Morgan fingerprint density at radius 2 is 1.62 bits per heavy atom. The Morgan fingerprint density at radius 3 is 2.21 bits per heavy atom. The zero-order valence-corrected chi connectivity index (χ0v) is 45.3. The molecule has 0 radical (unpaired) electrons. The Morgan fingerprint density at radius 1 is 0.986 bits per heavy atom. The van der Waals surface area contributed by atoms with Crippen LogP contribution in [-0.2, 0) is 47.8 Å². The van der Waals surface area contributed by atoms with Crippen molar-refractivity contribution in [2.75, 3.05) is 47.2 Å². The zero-order chi connectivity index (χ0) is 54.0. The van der Waals surface area contributed by atoms with Crippen molar-refractivity contribution in [3.05, 3.63) is 29.8 Å². The van der Waals surface area contributed by atoms with E-state index in [4.69, 9.17) is 28.4 Å². The fourth-order valence-corrected chi connectivity index (χ4v) is 11.6. The molecule has 0 bridgehead atoms. The molecule has 0 spiro atoms. The summed E-state index contributed by atoms with van der Waals surface area (Å²) in [4.78, 5) is 31.6. The predicted octanol–water partition coefficient (Wildman–Crippen LogP) is 2.25. The van der Waals surface area contributed by atoms with Gasteiger partial charge in [0.15, 0.2) is 22.4 Å². The summed E-state index contributed by atoms with van der Waals surface area (Å²) in [6.07, 6.45) is -9.86. The Labute approximate surface area is 425 Å². The van der Waals surface area contributed by atoms with Gasteiger partial charge in [-0.25, -0.2) is 12.8 Å². The lowest BCUT2D eigenvalue weighted by Crippen LogP contribution is -2.59. The number of carbonyl (C=O) groups is 2. The quantitative estimate of drug-likeness (QED) is 0.124. The maximum Gasteiger partial charge on any atom is 0.311 e. The Kier molecular flexibility index (Phi) is 20.3. The molecule has 1 unspecified atom stereocenters. The van der Waals surface area contributed by atoms with E-state index in [1.165, 1.54) is 38.3 Å². The molecule has 4 fully saturated rings. The average Bonchev–Trinajstić information content (AvgIpc) is 4.09. The SMILES string of the molecule is CC[C@H]1OC(=O)[C@H](C)[C@@H](O[C@H]2C[C@@](C)(OC)[C@@H](O)[C@H](C)O2)C[C@@H](O[C@H]2O[C@H](C)CC(N(C)C[C@@H]3C[C@H]3C(=O)N[C@H](CF)[C@H](O)c3ccc(S(C)(=O)=O)cc3)[C@H]2O)[C@](C)(O)C[C@@H](C)CN(C)[C@H](C)[C@@H](O)[C@]1(C)O. The fourth-order valence-electron chi connectivity index (χ4n) is 11.0. The van der Waals surface area contributed by atoms with Gasteiger partial charge in [-0.3, -0.25) is 9.59 Å². The van der Waals surface area contributed by atoms with E-state index in [0.29, 0.717) is 25.9 Å². The number of hydrogen-bond donors (Lipinski definition) is 7. The Balaban J connectivity index is 1.38. The first kappa shape index (κ1) is 60.4. The van der Waals surface area contributed by atoms with Crippen LogP contribution in [0.1, 0.15) is 113 Å². The van der Waals surface area contributed by atoms with Crippen molar-refractivity contribution in [3.63, 3.8) is 0 Å². The summed E-state index contributed by atoms with van der Waals surface area (Å²) < 4.78 is 75.8. The molecule has 414 valence electrons. The summed E-state index contributed by atoms with van der Waals surface area (Å²) in [5.41, 5.74) is -4.38. The number of sulfone groups is 1.